The number of rotatable bonds is 9. The van der Waals surface area contributed by atoms with Gasteiger partial charge in [0.2, 0.25) is 0 Å². The number of hydrogen-bond acceptors (Lipinski definition) is 1. The summed E-state index contributed by atoms with van der Waals surface area (Å²) in [5.74, 6) is 0.340. The lowest BCUT2D eigenvalue weighted by Crippen LogP contribution is -1.90. The van der Waals surface area contributed by atoms with Crippen LogP contribution >= 0.6 is 0 Å². The van der Waals surface area contributed by atoms with Crippen molar-refractivity contribution in [3.05, 3.63) is 12.2 Å². The van der Waals surface area contributed by atoms with Gasteiger partial charge in [0, 0.05) is 12.8 Å². The second-order valence-corrected chi connectivity index (χ2v) is 3.77. The molecule has 0 aromatic rings. The third-order valence-electron chi connectivity index (χ3n) is 2.38. The van der Waals surface area contributed by atoms with Crippen LogP contribution in [0.4, 0.5) is 0 Å². The third kappa shape index (κ3) is 9.50. The maximum Gasteiger partial charge on any atom is 0.136 e. The first-order chi connectivity index (χ1) is 6.81. The summed E-state index contributed by atoms with van der Waals surface area (Å²) in [6.07, 6.45) is 13.2. The quantitative estimate of drug-likeness (QED) is 0.397. The Balaban J connectivity index is 3.15. The molecule has 0 aromatic heterocycles. The van der Waals surface area contributed by atoms with Gasteiger partial charge in [-0.25, -0.2) is 0 Å². The lowest BCUT2D eigenvalue weighted by atomic mass is 10.1. The second-order valence-electron chi connectivity index (χ2n) is 3.77. The summed E-state index contributed by atoms with van der Waals surface area (Å²) in [5.41, 5.74) is 0. The maximum absolute atomic E-state index is 10.9. The van der Waals surface area contributed by atoms with Gasteiger partial charge in [0.1, 0.15) is 5.78 Å². The molecule has 1 nitrogen and oxygen atoms in total. The molecule has 0 saturated heterocycles. The molecule has 0 heterocycles. The molecule has 14 heavy (non-hydrogen) atoms. The lowest BCUT2D eigenvalue weighted by molar-refractivity contribution is -0.117. The normalized spacial score (nSPS) is 11.0. The second kappa shape index (κ2) is 10.5. The van der Waals surface area contributed by atoms with Gasteiger partial charge >= 0.3 is 0 Å². The van der Waals surface area contributed by atoms with Crippen molar-refractivity contribution in [1.82, 2.24) is 0 Å². The van der Waals surface area contributed by atoms with Crippen LogP contribution in [-0.2, 0) is 4.79 Å². The van der Waals surface area contributed by atoms with Crippen LogP contribution in [0.5, 0.6) is 0 Å². The van der Waals surface area contributed by atoms with Gasteiger partial charge in [-0.2, -0.15) is 0 Å². The van der Waals surface area contributed by atoms with E-state index in [4.69, 9.17) is 0 Å². The van der Waals surface area contributed by atoms with Crippen molar-refractivity contribution in [1.29, 1.82) is 0 Å². The van der Waals surface area contributed by atoms with E-state index in [1.54, 1.807) is 0 Å². The van der Waals surface area contributed by atoms with Crippen LogP contribution in [0.15, 0.2) is 12.2 Å². The van der Waals surface area contributed by atoms with Crippen LogP contribution in [-0.4, -0.2) is 5.78 Å². The fraction of sp³-hybridized carbons (Fsp3) is 0.769. The molecule has 82 valence electrons. The molecular weight excluding hydrogens is 172 g/mol. The van der Waals surface area contributed by atoms with Crippen molar-refractivity contribution in [3.8, 4) is 0 Å². The van der Waals surface area contributed by atoms with Gasteiger partial charge in [-0.3, -0.25) is 4.79 Å². The van der Waals surface area contributed by atoms with Crippen molar-refractivity contribution in [2.24, 2.45) is 0 Å². The van der Waals surface area contributed by atoms with E-state index in [1.807, 2.05) is 13.0 Å². The Morgan fingerprint density at radius 3 is 2.36 bits per heavy atom. The van der Waals surface area contributed by atoms with Crippen molar-refractivity contribution in [3.63, 3.8) is 0 Å². The topological polar surface area (TPSA) is 17.1 Å². The Hall–Kier alpha value is -0.590. The Labute approximate surface area is 88.6 Å². The molecule has 0 fully saturated rings. The number of carbonyl (C=O) groups is 1. The predicted molar refractivity (Wildman–Crippen MR) is 62.4 cm³/mol. The van der Waals surface area contributed by atoms with E-state index < -0.39 is 0 Å². The zero-order valence-corrected chi connectivity index (χ0v) is 9.72. The van der Waals surface area contributed by atoms with E-state index in [0.29, 0.717) is 18.6 Å². The molecule has 0 N–H and O–H groups in total. The molecule has 0 spiro atoms. The van der Waals surface area contributed by atoms with Crippen LogP contribution in [0.3, 0.4) is 0 Å². The molecule has 0 bridgehead atoms. The highest BCUT2D eigenvalue weighted by atomic mass is 16.1. The first kappa shape index (κ1) is 13.4. The third-order valence-corrected chi connectivity index (χ3v) is 2.38. The number of Topliss-reactive ketones (excluding diaryl/α,β-unsaturated/α-hetero) is 1. The van der Waals surface area contributed by atoms with E-state index >= 15 is 0 Å². The summed E-state index contributed by atoms with van der Waals surface area (Å²) in [7, 11) is 0. The fourth-order valence-corrected chi connectivity index (χ4v) is 1.34. The molecule has 0 aliphatic heterocycles. The first-order valence-electron chi connectivity index (χ1n) is 5.98. The summed E-state index contributed by atoms with van der Waals surface area (Å²) in [5, 5.41) is 0. The molecule has 0 saturated carbocycles. The summed E-state index contributed by atoms with van der Waals surface area (Å²) in [6.45, 7) is 4.15. The van der Waals surface area contributed by atoms with Gasteiger partial charge in [-0.1, -0.05) is 51.7 Å². The number of unbranched alkanes of at least 4 members (excludes halogenated alkanes) is 5. The van der Waals surface area contributed by atoms with Gasteiger partial charge in [-0.05, 0) is 12.8 Å². The minimum atomic E-state index is 0.340. The van der Waals surface area contributed by atoms with Crippen molar-refractivity contribution in [2.45, 2.75) is 65.2 Å². The fourth-order valence-electron chi connectivity index (χ4n) is 1.34. The van der Waals surface area contributed by atoms with Crippen molar-refractivity contribution in [2.75, 3.05) is 0 Å². The van der Waals surface area contributed by atoms with E-state index in [-0.39, 0.29) is 0 Å². The molecule has 0 aliphatic carbocycles. The molecular formula is C13H24O. The molecule has 0 rings (SSSR count). The maximum atomic E-state index is 10.9. The van der Waals surface area contributed by atoms with Crippen molar-refractivity contribution >= 4 is 5.78 Å². The number of allylic oxidation sites excluding steroid dienone is 2. The largest absolute Gasteiger partial charge is 0.299 e. The first-order valence-corrected chi connectivity index (χ1v) is 5.98. The molecule has 1 heteroatoms. The molecule has 0 aromatic carbocycles. The predicted octanol–water partition coefficient (Wildman–Crippen LogP) is 4.27. The van der Waals surface area contributed by atoms with Gasteiger partial charge in [0.25, 0.3) is 0 Å². The van der Waals surface area contributed by atoms with Crippen LogP contribution in [0.2, 0.25) is 0 Å². The highest BCUT2D eigenvalue weighted by Gasteiger charge is 1.91. The van der Waals surface area contributed by atoms with Crippen LogP contribution < -0.4 is 0 Å². The van der Waals surface area contributed by atoms with Crippen LogP contribution in [0.1, 0.15) is 65.2 Å². The van der Waals surface area contributed by atoms with Gasteiger partial charge in [-0.15, -0.1) is 0 Å². The highest BCUT2D eigenvalue weighted by Crippen LogP contribution is 2.05. The zero-order valence-electron chi connectivity index (χ0n) is 9.72. The van der Waals surface area contributed by atoms with E-state index in [2.05, 4.69) is 13.0 Å². The molecule has 0 atom stereocenters. The monoisotopic (exact) mass is 196 g/mol. The van der Waals surface area contributed by atoms with Gasteiger partial charge in [0.15, 0.2) is 0 Å². The number of carbonyl (C=O) groups excluding carboxylic acids is 1. The van der Waals surface area contributed by atoms with Gasteiger partial charge in [0.05, 0.1) is 0 Å². The average molecular weight is 196 g/mol. The Morgan fingerprint density at radius 2 is 1.71 bits per heavy atom. The van der Waals surface area contributed by atoms with E-state index in [9.17, 15) is 4.79 Å². The smallest absolute Gasteiger partial charge is 0.136 e. The van der Waals surface area contributed by atoms with Crippen LogP contribution in [0, 0.1) is 0 Å². The summed E-state index contributed by atoms with van der Waals surface area (Å²) in [4.78, 5) is 10.9. The molecule has 0 unspecified atom stereocenters. The zero-order chi connectivity index (χ0) is 10.6. The summed E-state index contributed by atoms with van der Waals surface area (Å²) in [6, 6.07) is 0. The van der Waals surface area contributed by atoms with Crippen molar-refractivity contribution < 1.29 is 4.79 Å². The molecule has 0 aliphatic rings. The summed E-state index contributed by atoms with van der Waals surface area (Å²) >= 11 is 0. The van der Waals surface area contributed by atoms with Gasteiger partial charge < -0.3 is 0 Å². The molecule has 0 radical (unpaired) electrons. The standard InChI is InChI=1S/C13H24O/c1-3-5-6-7-8-9-10-11-12-13(14)4-2/h10-11H,3-9,12H2,1-2H3/b11-10-. The minimum absolute atomic E-state index is 0.340. The SMILES string of the molecule is CCCCCCC/C=C\CC(=O)CC. The highest BCUT2D eigenvalue weighted by molar-refractivity contribution is 5.79. The number of ketones is 1. The van der Waals surface area contributed by atoms with E-state index in [0.717, 1.165) is 6.42 Å². The average Bonchev–Trinajstić information content (AvgIpc) is 2.21. The summed E-state index contributed by atoms with van der Waals surface area (Å²) < 4.78 is 0. The Kier molecular flexibility index (Phi) is 10.0. The van der Waals surface area contributed by atoms with E-state index in [1.165, 1.54) is 32.1 Å². The number of hydrogen-bond donors (Lipinski definition) is 0. The Morgan fingerprint density at radius 1 is 1.00 bits per heavy atom. The lowest BCUT2D eigenvalue weighted by Gasteiger charge is -1.95. The minimum Gasteiger partial charge on any atom is -0.299 e. The van der Waals surface area contributed by atoms with Crippen LogP contribution in [0.25, 0.3) is 0 Å². The molecule has 0 amide bonds. The Bertz CT molecular complexity index is 159.